The molecule has 0 aliphatic heterocycles. The molecule has 0 aromatic heterocycles. The highest BCUT2D eigenvalue weighted by Gasteiger charge is 2.13. The summed E-state index contributed by atoms with van der Waals surface area (Å²) in [5.41, 5.74) is 4.58. The minimum absolute atomic E-state index is 0.145. The van der Waals surface area contributed by atoms with E-state index >= 15 is 0 Å². The van der Waals surface area contributed by atoms with Crippen LogP contribution in [-0.4, -0.2) is 24.7 Å². The zero-order chi connectivity index (χ0) is 24.3. The molecule has 1 amide bonds. The number of aryl methyl sites for hydroxylation is 1. The number of esters is 1. The normalized spacial score (nSPS) is 10.8. The lowest BCUT2D eigenvalue weighted by Crippen LogP contribution is -2.24. The van der Waals surface area contributed by atoms with E-state index in [-0.39, 0.29) is 23.1 Å². The van der Waals surface area contributed by atoms with Crippen LogP contribution >= 0.6 is 23.2 Å². The molecule has 3 aromatic rings. The quantitative estimate of drug-likeness (QED) is 0.159. The van der Waals surface area contributed by atoms with Crippen LogP contribution in [0.4, 0.5) is 0 Å². The first kappa shape index (κ1) is 25.3. The third-order valence-corrected chi connectivity index (χ3v) is 5.30. The van der Waals surface area contributed by atoms with Crippen molar-refractivity contribution in [2.24, 2.45) is 5.10 Å². The summed E-state index contributed by atoms with van der Waals surface area (Å²) in [6.07, 6.45) is 4.80. The number of amides is 1. The van der Waals surface area contributed by atoms with Gasteiger partial charge in [-0.05, 0) is 78.6 Å². The Labute approximate surface area is 208 Å². The van der Waals surface area contributed by atoms with E-state index in [0.717, 1.165) is 19.3 Å². The van der Waals surface area contributed by atoms with Gasteiger partial charge in [0, 0.05) is 5.02 Å². The van der Waals surface area contributed by atoms with Crippen molar-refractivity contribution in [2.75, 3.05) is 6.61 Å². The lowest BCUT2D eigenvalue weighted by atomic mass is 10.1. The Morgan fingerprint density at radius 2 is 1.68 bits per heavy atom. The second kappa shape index (κ2) is 12.8. The summed E-state index contributed by atoms with van der Waals surface area (Å²) >= 11 is 11.9. The molecule has 0 atom stereocenters. The molecule has 0 aliphatic rings. The lowest BCUT2D eigenvalue weighted by molar-refractivity contribution is -0.123. The summed E-state index contributed by atoms with van der Waals surface area (Å²) in [4.78, 5) is 24.2. The van der Waals surface area contributed by atoms with Gasteiger partial charge in [-0.3, -0.25) is 4.79 Å². The molecule has 3 aromatic carbocycles. The van der Waals surface area contributed by atoms with Gasteiger partial charge in [0.15, 0.2) is 6.61 Å². The number of hydrogen-bond donors (Lipinski definition) is 1. The molecule has 0 unspecified atom stereocenters. The maximum atomic E-state index is 12.3. The smallest absolute Gasteiger partial charge is 0.345 e. The number of carbonyl (C=O) groups is 2. The molecule has 0 radical (unpaired) electrons. The molecule has 0 saturated heterocycles. The van der Waals surface area contributed by atoms with Crippen molar-refractivity contribution in [1.29, 1.82) is 0 Å². The van der Waals surface area contributed by atoms with Gasteiger partial charge in [-0.25, -0.2) is 10.2 Å². The lowest BCUT2D eigenvalue weighted by Gasteiger charge is -2.07. The molecular formula is C26H24Cl2N2O4. The van der Waals surface area contributed by atoms with E-state index in [1.807, 2.05) is 24.3 Å². The summed E-state index contributed by atoms with van der Waals surface area (Å²) in [7, 11) is 0. The summed E-state index contributed by atoms with van der Waals surface area (Å²) in [6.45, 7) is 2.01. The SMILES string of the molecule is CCCCc1ccc(OCC(=O)N/N=C\c2ccc(OC(=O)c3ccc(Cl)cc3Cl)cc2)cc1. The molecule has 8 heteroatoms. The summed E-state index contributed by atoms with van der Waals surface area (Å²) < 4.78 is 10.8. The van der Waals surface area contributed by atoms with E-state index < -0.39 is 5.97 Å². The van der Waals surface area contributed by atoms with Crippen molar-refractivity contribution in [3.05, 3.63) is 93.5 Å². The van der Waals surface area contributed by atoms with E-state index in [2.05, 4.69) is 17.5 Å². The summed E-state index contributed by atoms with van der Waals surface area (Å²) in [6, 6.07) is 18.9. The Bertz CT molecular complexity index is 1150. The average Bonchev–Trinajstić information content (AvgIpc) is 2.83. The minimum Gasteiger partial charge on any atom is -0.484 e. The second-order valence-corrected chi connectivity index (χ2v) is 8.26. The van der Waals surface area contributed by atoms with Crippen molar-refractivity contribution in [1.82, 2.24) is 5.43 Å². The molecule has 0 saturated carbocycles. The largest absolute Gasteiger partial charge is 0.484 e. The highest BCUT2D eigenvalue weighted by Crippen LogP contribution is 2.23. The highest BCUT2D eigenvalue weighted by atomic mass is 35.5. The predicted molar refractivity (Wildman–Crippen MR) is 134 cm³/mol. The first-order chi connectivity index (χ1) is 16.4. The van der Waals surface area contributed by atoms with Gasteiger partial charge in [0.25, 0.3) is 5.91 Å². The van der Waals surface area contributed by atoms with Crippen molar-refractivity contribution in [3.63, 3.8) is 0 Å². The number of rotatable bonds is 10. The molecule has 0 bridgehead atoms. The van der Waals surface area contributed by atoms with Crippen molar-refractivity contribution in [3.8, 4) is 11.5 Å². The van der Waals surface area contributed by atoms with E-state index in [4.69, 9.17) is 32.7 Å². The fraction of sp³-hybridized carbons (Fsp3) is 0.192. The van der Waals surface area contributed by atoms with Crippen molar-refractivity contribution in [2.45, 2.75) is 26.2 Å². The predicted octanol–water partition coefficient (Wildman–Crippen LogP) is 6.08. The first-order valence-electron chi connectivity index (χ1n) is 10.8. The van der Waals surface area contributed by atoms with Crippen molar-refractivity contribution < 1.29 is 19.1 Å². The van der Waals surface area contributed by atoms with E-state index in [0.29, 0.717) is 22.1 Å². The van der Waals surface area contributed by atoms with Gasteiger partial charge in [0.1, 0.15) is 11.5 Å². The molecule has 0 heterocycles. The third kappa shape index (κ3) is 7.90. The van der Waals surface area contributed by atoms with Gasteiger partial charge in [-0.15, -0.1) is 0 Å². The van der Waals surface area contributed by atoms with Gasteiger partial charge in [-0.2, -0.15) is 5.10 Å². The summed E-state index contributed by atoms with van der Waals surface area (Å²) in [5.74, 6) is -0.00151. The maximum absolute atomic E-state index is 12.3. The van der Waals surface area contributed by atoms with Crippen LogP contribution in [0.25, 0.3) is 0 Å². The molecule has 176 valence electrons. The summed E-state index contributed by atoms with van der Waals surface area (Å²) in [5, 5.41) is 4.56. The molecule has 0 fully saturated rings. The molecular weight excluding hydrogens is 475 g/mol. The maximum Gasteiger partial charge on any atom is 0.345 e. The molecule has 1 N–H and O–H groups in total. The Morgan fingerprint density at radius 3 is 2.35 bits per heavy atom. The molecule has 34 heavy (non-hydrogen) atoms. The van der Waals surface area contributed by atoms with Crippen LogP contribution in [0, 0.1) is 0 Å². The van der Waals surface area contributed by atoms with Crippen LogP contribution in [0.15, 0.2) is 71.8 Å². The number of ether oxygens (including phenoxy) is 2. The van der Waals surface area contributed by atoms with Crippen LogP contribution in [0.5, 0.6) is 11.5 Å². The topological polar surface area (TPSA) is 77.0 Å². The zero-order valence-corrected chi connectivity index (χ0v) is 20.1. The third-order valence-electron chi connectivity index (χ3n) is 4.76. The van der Waals surface area contributed by atoms with Crippen LogP contribution in [0.1, 0.15) is 41.3 Å². The average molecular weight is 499 g/mol. The fourth-order valence-corrected chi connectivity index (χ4v) is 3.42. The van der Waals surface area contributed by atoms with Gasteiger partial charge in [-0.1, -0.05) is 48.7 Å². The Hall–Kier alpha value is -3.35. The van der Waals surface area contributed by atoms with Crippen LogP contribution < -0.4 is 14.9 Å². The molecule has 6 nitrogen and oxygen atoms in total. The Kier molecular flexibility index (Phi) is 9.50. The first-order valence-corrected chi connectivity index (χ1v) is 11.5. The standard InChI is InChI=1S/C26H24Cl2N2O4/c1-2-3-4-18-5-10-21(11-6-18)33-17-25(31)30-29-16-19-7-12-22(13-8-19)34-26(32)23-14-9-20(27)15-24(23)28/h5-16H,2-4,17H2,1H3,(H,30,31)/b29-16-. The monoisotopic (exact) mass is 498 g/mol. The Morgan fingerprint density at radius 1 is 0.971 bits per heavy atom. The molecule has 3 rings (SSSR count). The van der Waals surface area contributed by atoms with Gasteiger partial charge >= 0.3 is 5.97 Å². The molecule has 0 aliphatic carbocycles. The van der Waals surface area contributed by atoms with Crippen molar-refractivity contribution >= 4 is 41.3 Å². The van der Waals surface area contributed by atoms with Crippen LogP contribution in [0.2, 0.25) is 10.0 Å². The van der Waals surface area contributed by atoms with E-state index in [1.54, 1.807) is 30.3 Å². The zero-order valence-electron chi connectivity index (χ0n) is 18.6. The number of carbonyl (C=O) groups excluding carboxylic acids is 2. The number of benzene rings is 3. The second-order valence-electron chi connectivity index (χ2n) is 7.41. The van der Waals surface area contributed by atoms with Crippen LogP contribution in [0.3, 0.4) is 0 Å². The van der Waals surface area contributed by atoms with Gasteiger partial charge in [0.2, 0.25) is 0 Å². The fourth-order valence-electron chi connectivity index (χ4n) is 2.93. The minimum atomic E-state index is -0.592. The highest BCUT2D eigenvalue weighted by molar-refractivity contribution is 6.36. The Balaban J connectivity index is 1.44. The number of nitrogens with one attached hydrogen (secondary N) is 1. The number of nitrogens with zero attached hydrogens (tertiary/aromatic N) is 1. The number of halogens is 2. The number of hydrazone groups is 1. The van der Waals surface area contributed by atoms with E-state index in [9.17, 15) is 9.59 Å². The van der Waals surface area contributed by atoms with Gasteiger partial charge < -0.3 is 9.47 Å². The number of hydrogen-bond acceptors (Lipinski definition) is 5. The number of unbranched alkanes of at least 4 members (excludes halogenated alkanes) is 1. The van der Waals surface area contributed by atoms with Gasteiger partial charge in [0.05, 0.1) is 16.8 Å². The van der Waals surface area contributed by atoms with E-state index in [1.165, 1.54) is 23.9 Å². The molecule has 0 spiro atoms. The van der Waals surface area contributed by atoms with Crippen LogP contribution in [-0.2, 0) is 11.2 Å².